The fraction of sp³-hybridized carbons (Fsp3) is 0.250. The van der Waals surface area contributed by atoms with E-state index in [4.69, 9.17) is 11.6 Å². The number of halogens is 1. The van der Waals surface area contributed by atoms with E-state index in [0.29, 0.717) is 16.4 Å². The van der Waals surface area contributed by atoms with Crippen molar-refractivity contribution in [1.29, 1.82) is 0 Å². The SMILES string of the molecule is CCCNc1cc(C)ccc1C(=O)Nc1ncccc1Cl. The summed E-state index contributed by atoms with van der Waals surface area (Å²) in [7, 11) is 0. The molecule has 1 aromatic carbocycles. The van der Waals surface area contributed by atoms with Gasteiger partial charge in [0.25, 0.3) is 5.91 Å². The number of nitrogens with zero attached hydrogens (tertiary/aromatic N) is 1. The summed E-state index contributed by atoms with van der Waals surface area (Å²) < 4.78 is 0. The van der Waals surface area contributed by atoms with E-state index in [9.17, 15) is 4.79 Å². The Kier molecular flexibility index (Phi) is 5.17. The van der Waals surface area contributed by atoms with E-state index in [-0.39, 0.29) is 5.91 Å². The van der Waals surface area contributed by atoms with E-state index in [2.05, 4.69) is 22.5 Å². The molecule has 0 unspecified atom stereocenters. The quantitative estimate of drug-likeness (QED) is 0.873. The van der Waals surface area contributed by atoms with Gasteiger partial charge in [0.2, 0.25) is 0 Å². The van der Waals surface area contributed by atoms with E-state index in [1.54, 1.807) is 24.4 Å². The number of aryl methyl sites for hydroxylation is 1. The van der Waals surface area contributed by atoms with E-state index in [0.717, 1.165) is 24.2 Å². The highest BCUT2D eigenvalue weighted by Crippen LogP contribution is 2.22. The Hall–Kier alpha value is -2.07. The highest BCUT2D eigenvalue weighted by molar-refractivity contribution is 6.33. The Morgan fingerprint density at radius 3 is 2.86 bits per heavy atom. The molecule has 0 atom stereocenters. The molecule has 0 spiro atoms. The minimum atomic E-state index is -0.228. The summed E-state index contributed by atoms with van der Waals surface area (Å²) in [5, 5.41) is 6.43. The molecule has 0 aliphatic rings. The van der Waals surface area contributed by atoms with Gasteiger partial charge < -0.3 is 10.6 Å². The second-order valence-electron chi connectivity index (χ2n) is 4.76. The number of anilines is 2. The first-order valence-electron chi connectivity index (χ1n) is 6.88. The topological polar surface area (TPSA) is 54.0 Å². The molecule has 21 heavy (non-hydrogen) atoms. The summed E-state index contributed by atoms with van der Waals surface area (Å²) in [5.74, 6) is 0.139. The molecule has 0 fully saturated rings. The third-order valence-electron chi connectivity index (χ3n) is 2.98. The van der Waals surface area contributed by atoms with Crippen molar-refractivity contribution >= 4 is 29.0 Å². The van der Waals surface area contributed by atoms with Crippen molar-refractivity contribution in [2.24, 2.45) is 0 Å². The first-order valence-corrected chi connectivity index (χ1v) is 7.26. The number of carbonyl (C=O) groups is 1. The number of hydrogen-bond acceptors (Lipinski definition) is 3. The van der Waals surface area contributed by atoms with Gasteiger partial charge in [-0.25, -0.2) is 4.98 Å². The molecule has 0 radical (unpaired) electrons. The number of rotatable bonds is 5. The van der Waals surface area contributed by atoms with Crippen LogP contribution in [-0.4, -0.2) is 17.4 Å². The zero-order chi connectivity index (χ0) is 15.2. The molecule has 0 saturated carbocycles. The van der Waals surface area contributed by atoms with Crippen LogP contribution in [0.4, 0.5) is 11.5 Å². The van der Waals surface area contributed by atoms with Crippen LogP contribution in [0.5, 0.6) is 0 Å². The van der Waals surface area contributed by atoms with E-state index in [1.807, 2.05) is 19.1 Å². The third-order valence-corrected chi connectivity index (χ3v) is 3.28. The third kappa shape index (κ3) is 3.95. The standard InChI is InChI=1S/C16H18ClN3O/c1-3-8-18-14-10-11(2)6-7-12(14)16(21)20-15-13(17)5-4-9-19-15/h4-7,9-10,18H,3,8H2,1-2H3,(H,19,20,21). The lowest BCUT2D eigenvalue weighted by atomic mass is 10.1. The molecule has 2 N–H and O–H groups in total. The lowest BCUT2D eigenvalue weighted by Gasteiger charge is -2.13. The van der Waals surface area contributed by atoms with Crippen molar-refractivity contribution in [3.05, 3.63) is 52.7 Å². The molecule has 1 amide bonds. The zero-order valence-corrected chi connectivity index (χ0v) is 12.9. The maximum Gasteiger partial charge on any atom is 0.258 e. The molecule has 0 aliphatic heterocycles. The molecule has 0 saturated heterocycles. The van der Waals surface area contributed by atoms with Gasteiger partial charge >= 0.3 is 0 Å². The molecule has 1 aromatic heterocycles. The summed E-state index contributed by atoms with van der Waals surface area (Å²) in [6.45, 7) is 4.89. The van der Waals surface area contributed by atoms with Crippen LogP contribution in [0.25, 0.3) is 0 Å². The monoisotopic (exact) mass is 303 g/mol. The summed E-state index contributed by atoms with van der Waals surface area (Å²) >= 11 is 6.01. The Bertz CT molecular complexity index is 643. The summed E-state index contributed by atoms with van der Waals surface area (Å²) in [6.07, 6.45) is 2.58. The number of carbonyl (C=O) groups excluding carboxylic acids is 1. The number of pyridine rings is 1. The Morgan fingerprint density at radius 1 is 1.33 bits per heavy atom. The number of nitrogens with one attached hydrogen (secondary N) is 2. The Morgan fingerprint density at radius 2 is 2.14 bits per heavy atom. The zero-order valence-electron chi connectivity index (χ0n) is 12.1. The average Bonchev–Trinajstić information content (AvgIpc) is 2.47. The van der Waals surface area contributed by atoms with Gasteiger partial charge in [-0.1, -0.05) is 24.6 Å². The summed E-state index contributed by atoms with van der Waals surface area (Å²) in [6, 6.07) is 9.09. The predicted octanol–water partition coefficient (Wildman–Crippen LogP) is 4.12. The molecule has 2 aromatic rings. The molecule has 1 heterocycles. The molecule has 5 heteroatoms. The van der Waals surface area contributed by atoms with Crippen molar-refractivity contribution in [1.82, 2.24) is 4.98 Å². The van der Waals surface area contributed by atoms with Gasteiger partial charge in [-0.2, -0.15) is 0 Å². The van der Waals surface area contributed by atoms with E-state index in [1.165, 1.54) is 0 Å². The second kappa shape index (κ2) is 7.09. The fourth-order valence-electron chi connectivity index (χ4n) is 1.91. The maximum absolute atomic E-state index is 12.4. The Labute approximate surface area is 129 Å². The molecular weight excluding hydrogens is 286 g/mol. The first-order chi connectivity index (χ1) is 10.1. The second-order valence-corrected chi connectivity index (χ2v) is 5.17. The van der Waals surface area contributed by atoms with Crippen molar-refractivity contribution in [3.63, 3.8) is 0 Å². The van der Waals surface area contributed by atoms with E-state index < -0.39 is 0 Å². The largest absolute Gasteiger partial charge is 0.384 e. The van der Waals surface area contributed by atoms with Crippen LogP contribution in [-0.2, 0) is 0 Å². The minimum Gasteiger partial charge on any atom is -0.384 e. The van der Waals surface area contributed by atoms with Crippen molar-refractivity contribution in [2.45, 2.75) is 20.3 Å². The first kappa shape index (κ1) is 15.3. The fourth-order valence-corrected chi connectivity index (χ4v) is 2.08. The lowest BCUT2D eigenvalue weighted by molar-refractivity contribution is 0.102. The molecule has 0 bridgehead atoms. The van der Waals surface area contributed by atoms with Gasteiger partial charge in [-0.15, -0.1) is 0 Å². The summed E-state index contributed by atoms with van der Waals surface area (Å²) in [4.78, 5) is 16.5. The van der Waals surface area contributed by atoms with Crippen LogP contribution in [0.15, 0.2) is 36.5 Å². The lowest BCUT2D eigenvalue weighted by Crippen LogP contribution is -2.16. The summed E-state index contributed by atoms with van der Waals surface area (Å²) in [5.41, 5.74) is 2.50. The van der Waals surface area contributed by atoms with Crippen LogP contribution in [0.1, 0.15) is 29.3 Å². The van der Waals surface area contributed by atoms with Gasteiger partial charge in [0.15, 0.2) is 5.82 Å². The van der Waals surface area contributed by atoms with Gasteiger partial charge in [-0.3, -0.25) is 4.79 Å². The number of hydrogen-bond donors (Lipinski definition) is 2. The minimum absolute atomic E-state index is 0.228. The number of benzene rings is 1. The van der Waals surface area contributed by atoms with Crippen molar-refractivity contribution in [3.8, 4) is 0 Å². The van der Waals surface area contributed by atoms with Gasteiger partial charge in [-0.05, 0) is 43.2 Å². The highest BCUT2D eigenvalue weighted by Gasteiger charge is 2.13. The Balaban J connectivity index is 2.24. The maximum atomic E-state index is 12.4. The molecular formula is C16H18ClN3O. The van der Waals surface area contributed by atoms with Crippen LogP contribution < -0.4 is 10.6 Å². The van der Waals surface area contributed by atoms with Crippen molar-refractivity contribution < 1.29 is 4.79 Å². The van der Waals surface area contributed by atoms with Crippen LogP contribution in [0, 0.1) is 6.92 Å². The van der Waals surface area contributed by atoms with Crippen LogP contribution >= 0.6 is 11.6 Å². The highest BCUT2D eigenvalue weighted by atomic mass is 35.5. The van der Waals surface area contributed by atoms with Gasteiger partial charge in [0.05, 0.1) is 10.6 Å². The molecule has 110 valence electrons. The predicted molar refractivity (Wildman–Crippen MR) is 87.2 cm³/mol. The molecule has 2 rings (SSSR count). The van der Waals surface area contributed by atoms with Crippen LogP contribution in [0.2, 0.25) is 5.02 Å². The normalized spacial score (nSPS) is 10.2. The van der Waals surface area contributed by atoms with E-state index >= 15 is 0 Å². The van der Waals surface area contributed by atoms with Crippen molar-refractivity contribution in [2.75, 3.05) is 17.2 Å². The average molecular weight is 304 g/mol. The van der Waals surface area contributed by atoms with Gasteiger partial charge in [0, 0.05) is 18.4 Å². The number of aromatic nitrogens is 1. The number of amides is 1. The smallest absolute Gasteiger partial charge is 0.258 e. The van der Waals surface area contributed by atoms with Gasteiger partial charge in [0.1, 0.15) is 0 Å². The van der Waals surface area contributed by atoms with Crippen LogP contribution in [0.3, 0.4) is 0 Å². The molecule has 0 aliphatic carbocycles. The molecule has 4 nitrogen and oxygen atoms in total.